The number of halogens is 1. The van der Waals surface area contributed by atoms with E-state index in [1.165, 1.54) is 24.9 Å². The molecule has 0 N–H and O–H groups in total. The third-order valence-corrected chi connectivity index (χ3v) is 5.76. The van der Waals surface area contributed by atoms with Gasteiger partial charge in [-0.1, -0.05) is 23.4 Å². The molecule has 1 aliphatic heterocycles. The summed E-state index contributed by atoms with van der Waals surface area (Å²) in [7, 11) is 0. The van der Waals surface area contributed by atoms with Gasteiger partial charge < -0.3 is 4.42 Å². The normalized spacial score (nSPS) is 19.1. The molecule has 2 heterocycles. The largest absolute Gasteiger partial charge is 0.469 e. The Balaban J connectivity index is 1.91. The Morgan fingerprint density at radius 1 is 1.29 bits per heavy atom. The predicted molar refractivity (Wildman–Crippen MR) is 110 cm³/mol. The van der Waals surface area contributed by atoms with Crippen molar-refractivity contribution < 1.29 is 14.0 Å². The lowest BCUT2D eigenvalue weighted by molar-refractivity contribution is -0.119. The van der Waals surface area contributed by atoms with Gasteiger partial charge in [0.25, 0.3) is 0 Å². The molecule has 1 unspecified atom stereocenters. The molecule has 28 heavy (non-hydrogen) atoms. The summed E-state index contributed by atoms with van der Waals surface area (Å²) < 4.78 is 5.51. The van der Waals surface area contributed by atoms with Gasteiger partial charge in [0, 0.05) is 16.3 Å². The number of aliphatic imine (C=N–C) groups is 1. The Kier molecular flexibility index (Phi) is 6.18. The number of nitrogens with zero attached hydrogens (tertiary/aromatic N) is 2. The van der Waals surface area contributed by atoms with Gasteiger partial charge in [-0.05, 0) is 50.2 Å². The van der Waals surface area contributed by atoms with Crippen LogP contribution >= 0.6 is 23.4 Å². The van der Waals surface area contributed by atoms with Gasteiger partial charge in [-0.25, -0.2) is 4.99 Å². The summed E-state index contributed by atoms with van der Waals surface area (Å²) in [4.78, 5) is 29.2. The number of carbonyl (C=O) groups is 2. The molecule has 5 nitrogen and oxygen atoms in total. The minimum atomic E-state index is -0.558. The van der Waals surface area contributed by atoms with Crippen LogP contribution in [0, 0.1) is 17.2 Å². The Labute approximate surface area is 172 Å². The summed E-state index contributed by atoms with van der Waals surface area (Å²) in [5.41, 5.74) is 1.49. The standard InChI is InChI=1S/C21H17ClN2O3S/c1-12-19(13(2)25)20(18-4-3-9-27-18)16(10-23)21(24-12)28-11-17(26)14-5-7-15(22)8-6-14/h3-9,19-20H,11H2,1-2H3/t19?,20-/m0/s1. The fraction of sp³-hybridized carbons (Fsp3) is 0.238. The van der Waals surface area contributed by atoms with E-state index in [-0.39, 0.29) is 17.3 Å². The average Bonchev–Trinajstić information content (AvgIpc) is 3.20. The molecule has 0 bridgehead atoms. The number of benzene rings is 1. The number of allylic oxidation sites excluding steroid dienone is 1. The molecule has 0 aliphatic carbocycles. The second kappa shape index (κ2) is 8.59. The maximum Gasteiger partial charge on any atom is 0.173 e. The zero-order valence-corrected chi connectivity index (χ0v) is 16.9. The van der Waals surface area contributed by atoms with Crippen molar-refractivity contribution in [2.45, 2.75) is 19.8 Å². The number of rotatable bonds is 6. The van der Waals surface area contributed by atoms with Crippen LogP contribution in [0.5, 0.6) is 0 Å². The molecule has 3 rings (SSSR count). The van der Waals surface area contributed by atoms with Crippen molar-refractivity contribution in [2.24, 2.45) is 10.9 Å². The first-order valence-electron chi connectivity index (χ1n) is 8.57. The lowest BCUT2D eigenvalue weighted by Gasteiger charge is -2.28. The number of hydrogen-bond donors (Lipinski definition) is 0. The molecule has 2 aromatic rings. The minimum Gasteiger partial charge on any atom is -0.469 e. The summed E-state index contributed by atoms with van der Waals surface area (Å²) in [6.07, 6.45) is 1.51. The lowest BCUT2D eigenvalue weighted by atomic mass is 9.78. The van der Waals surface area contributed by atoms with Crippen molar-refractivity contribution in [1.82, 2.24) is 0 Å². The van der Waals surface area contributed by atoms with Crippen LogP contribution in [0.4, 0.5) is 0 Å². The van der Waals surface area contributed by atoms with Crippen molar-refractivity contribution in [3.8, 4) is 6.07 Å². The summed E-state index contributed by atoms with van der Waals surface area (Å²) >= 11 is 7.05. The number of thioether (sulfide) groups is 1. The highest BCUT2D eigenvalue weighted by atomic mass is 35.5. The van der Waals surface area contributed by atoms with Crippen LogP contribution < -0.4 is 0 Å². The average molecular weight is 413 g/mol. The van der Waals surface area contributed by atoms with Crippen LogP contribution in [0.1, 0.15) is 35.9 Å². The van der Waals surface area contributed by atoms with Gasteiger partial charge >= 0.3 is 0 Å². The minimum absolute atomic E-state index is 0.0864. The number of Topliss-reactive ketones (excluding diaryl/α,β-unsaturated/α-hetero) is 2. The lowest BCUT2D eigenvalue weighted by Crippen LogP contribution is -2.31. The Bertz CT molecular complexity index is 1000. The summed E-state index contributed by atoms with van der Waals surface area (Å²) in [6.45, 7) is 3.24. The van der Waals surface area contributed by atoms with Gasteiger partial charge in [-0.3, -0.25) is 9.59 Å². The first-order valence-corrected chi connectivity index (χ1v) is 9.93. The van der Waals surface area contributed by atoms with E-state index >= 15 is 0 Å². The van der Waals surface area contributed by atoms with E-state index in [9.17, 15) is 14.9 Å². The zero-order chi connectivity index (χ0) is 20.3. The van der Waals surface area contributed by atoms with Crippen molar-refractivity contribution in [2.75, 3.05) is 5.75 Å². The van der Waals surface area contributed by atoms with Gasteiger partial charge in [0.2, 0.25) is 0 Å². The topological polar surface area (TPSA) is 83.4 Å². The first kappa shape index (κ1) is 20.1. The quantitative estimate of drug-likeness (QED) is 0.620. The molecule has 1 aliphatic rings. The van der Waals surface area contributed by atoms with Crippen LogP contribution in [-0.2, 0) is 4.79 Å². The predicted octanol–water partition coefficient (Wildman–Crippen LogP) is 5.05. The fourth-order valence-electron chi connectivity index (χ4n) is 3.21. The van der Waals surface area contributed by atoms with Crippen molar-refractivity contribution >= 4 is 40.6 Å². The molecule has 1 aromatic carbocycles. The van der Waals surface area contributed by atoms with E-state index in [0.717, 1.165) is 0 Å². The van der Waals surface area contributed by atoms with Crippen LogP contribution in [-0.4, -0.2) is 23.0 Å². The van der Waals surface area contributed by atoms with Gasteiger partial charge in [-0.2, -0.15) is 5.26 Å². The maximum absolute atomic E-state index is 12.5. The smallest absolute Gasteiger partial charge is 0.173 e. The van der Waals surface area contributed by atoms with E-state index < -0.39 is 11.8 Å². The second-order valence-corrected chi connectivity index (χ2v) is 7.78. The third-order valence-electron chi connectivity index (χ3n) is 4.52. The van der Waals surface area contributed by atoms with Gasteiger partial charge in [0.15, 0.2) is 5.78 Å². The molecule has 0 fully saturated rings. The molecule has 0 radical (unpaired) electrons. The Morgan fingerprint density at radius 2 is 2.00 bits per heavy atom. The van der Waals surface area contributed by atoms with Gasteiger partial charge in [0.1, 0.15) is 16.6 Å². The van der Waals surface area contributed by atoms with Crippen LogP contribution in [0.3, 0.4) is 0 Å². The highest BCUT2D eigenvalue weighted by molar-refractivity contribution is 8.03. The molecule has 0 saturated carbocycles. The van der Waals surface area contributed by atoms with Crippen molar-refractivity contribution in [3.05, 3.63) is 69.6 Å². The van der Waals surface area contributed by atoms with E-state index in [0.29, 0.717) is 32.7 Å². The Morgan fingerprint density at radius 3 is 2.57 bits per heavy atom. The highest BCUT2D eigenvalue weighted by Gasteiger charge is 2.39. The number of hydrogen-bond acceptors (Lipinski definition) is 6. The van der Waals surface area contributed by atoms with Crippen LogP contribution in [0.15, 0.2) is 62.7 Å². The number of ketones is 2. The van der Waals surface area contributed by atoms with Crippen LogP contribution in [0.25, 0.3) is 0 Å². The summed E-state index contributed by atoms with van der Waals surface area (Å²) in [5, 5.41) is 10.8. The van der Waals surface area contributed by atoms with Crippen LogP contribution in [0.2, 0.25) is 5.02 Å². The highest BCUT2D eigenvalue weighted by Crippen LogP contribution is 2.42. The van der Waals surface area contributed by atoms with Crippen molar-refractivity contribution in [1.29, 1.82) is 5.26 Å². The second-order valence-electron chi connectivity index (χ2n) is 6.38. The molecule has 0 amide bonds. The number of furan rings is 1. The number of nitriles is 1. The molecular formula is C21H17ClN2O3S. The van der Waals surface area contributed by atoms with Gasteiger partial charge in [0.05, 0.1) is 35.5 Å². The maximum atomic E-state index is 12.5. The van der Waals surface area contributed by atoms with Crippen molar-refractivity contribution in [3.63, 3.8) is 0 Å². The summed E-state index contributed by atoms with van der Waals surface area (Å²) in [6, 6.07) is 12.3. The number of carbonyl (C=O) groups excluding carboxylic acids is 2. The molecule has 0 spiro atoms. The van der Waals surface area contributed by atoms with E-state index in [1.807, 2.05) is 0 Å². The monoisotopic (exact) mass is 412 g/mol. The molecule has 142 valence electrons. The zero-order valence-electron chi connectivity index (χ0n) is 15.3. The summed E-state index contributed by atoms with van der Waals surface area (Å²) in [5.74, 6) is -0.623. The molecule has 1 aromatic heterocycles. The molecular weight excluding hydrogens is 396 g/mol. The van der Waals surface area contributed by atoms with E-state index in [4.69, 9.17) is 16.0 Å². The third kappa shape index (κ3) is 4.11. The SMILES string of the molecule is CC(=O)C1C(C)=NC(SCC(=O)c2ccc(Cl)cc2)=C(C#N)[C@H]1c1ccco1. The van der Waals surface area contributed by atoms with Gasteiger partial charge in [-0.15, -0.1) is 0 Å². The Hall–Kier alpha value is -2.62. The van der Waals surface area contributed by atoms with E-state index in [2.05, 4.69) is 11.1 Å². The molecule has 7 heteroatoms. The first-order chi connectivity index (χ1) is 13.4. The van der Waals surface area contributed by atoms with E-state index in [1.54, 1.807) is 43.3 Å². The fourth-order valence-corrected chi connectivity index (χ4v) is 4.31. The molecule has 2 atom stereocenters. The molecule has 0 saturated heterocycles.